The second kappa shape index (κ2) is 11.0. The van der Waals surface area contributed by atoms with Gasteiger partial charge in [-0.2, -0.15) is 0 Å². The van der Waals surface area contributed by atoms with Crippen molar-refractivity contribution in [3.05, 3.63) is 0 Å². The van der Waals surface area contributed by atoms with E-state index in [-0.39, 0.29) is 18.9 Å². The van der Waals surface area contributed by atoms with Crippen molar-refractivity contribution in [2.45, 2.75) is 66.0 Å². The number of amides is 1. The summed E-state index contributed by atoms with van der Waals surface area (Å²) in [5.41, 5.74) is 0. The van der Waals surface area contributed by atoms with Gasteiger partial charge in [0.1, 0.15) is 6.04 Å². The molecule has 18 heavy (non-hydrogen) atoms. The third-order valence-electron chi connectivity index (χ3n) is 2.35. The Balaban J connectivity index is 0. The first kappa shape index (κ1) is 19.2. The topological polar surface area (TPSA) is 77.8 Å². The van der Waals surface area contributed by atoms with Gasteiger partial charge in [0.15, 0.2) is 0 Å². The van der Waals surface area contributed by atoms with E-state index in [2.05, 4.69) is 0 Å². The van der Waals surface area contributed by atoms with E-state index in [1.165, 1.54) is 4.90 Å². The summed E-state index contributed by atoms with van der Waals surface area (Å²) in [4.78, 5) is 23.5. The van der Waals surface area contributed by atoms with E-state index in [0.29, 0.717) is 12.8 Å². The number of aliphatic hydroxyl groups excluding tert-OH is 1. The van der Waals surface area contributed by atoms with Gasteiger partial charge in [-0.3, -0.25) is 4.79 Å². The van der Waals surface area contributed by atoms with Crippen LogP contribution in [0.5, 0.6) is 0 Å². The Kier molecular flexibility index (Phi) is 11.8. The standard InChI is InChI=1S/C9H15NO4.2C2H6/c1-2-3-8(12)10-5-6(11)4-7(10)9(13)14;2*1-2/h6-7,11H,2-5H2,1H3,(H,13,14);2*1-2H3. The van der Waals surface area contributed by atoms with Crippen molar-refractivity contribution < 1.29 is 19.8 Å². The van der Waals surface area contributed by atoms with Gasteiger partial charge in [0, 0.05) is 19.4 Å². The number of β-amino-alcohol motifs (C(OH)–C–C–N with tert-alkyl or cyclic N) is 1. The highest BCUT2D eigenvalue weighted by Crippen LogP contribution is 2.19. The number of carboxylic acid groups (broad SMARTS) is 1. The average Bonchev–Trinajstić information content (AvgIpc) is 2.77. The first-order valence-corrected chi connectivity index (χ1v) is 6.76. The van der Waals surface area contributed by atoms with Crippen LogP contribution in [0.3, 0.4) is 0 Å². The van der Waals surface area contributed by atoms with Crippen LogP contribution in [0.4, 0.5) is 0 Å². The van der Waals surface area contributed by atoms with Gasteiger partial charge in [-0.25, -0.2) is 4.79 Å². The molecule has 2 N–H and O–H groups in total. The van der Waals surface area contributed by atoms with Crippen molar-refractivity contribution in [2.75, 3.05) is 6.54 Å². The van der Waals surface area contributed by atoms with Crippen LogP contribution in [0.15, 0.2) is 0 Å². The van der Waals surface area contributed by atoms with Gasteiger partial charge in [0.25, 0.3) is 0 Å². The smallest absolute Gasteiger partial charge is 0.326 e. The monoisotopic (exact) mass is 261 g/mol. The Morgan fingerprint density at radius 3 is 2.11 bits per heavy atom. The molecule has 1 heterocycles. The van der Waals surface area contributed by atoms with Gasteiger partial charge in [0.2, 0.25) is 5.91 Å². The molecule has 5 nitrogen and oxygen atoms in total. The molecule has 108 valence electrons. The summed E-state index contributed by atoms with van der Waals surface area (Å²) in [7, 11) is 0. The fourth-order valence-electron chi connectivity index (χ4n) is 1.68. The van der Waals surface area contributed by atoms with Crippen LogP contribution in [0.2, 0.25) is 0 Å². The lowest BCUT2D eigenvalue weighted by atomic mass is 10.2. The zero-order valence-electron chi connectivity index (χ0n) is 12.1. The van der Waals surface area contributed by atoms with Crippen LogP contribution in [0, 0.1) is 0 Å². The van der Waals surface area contributed by atoms with Crippen LogP contribution in [-0.2, 0) is 9.59 Å². The molecule has 0 aliphatic carbocycles. The summed E-state index contributed by atoms with van der Waals surface area (Å²) in [6.07, 6.45) is 0.482. The Labute approximate surface area is 110 Å². The maximum atomic E-state index is 11.5. The molecule has 5 heteroatoms. The van der Waals surface area contributed by atoms with Crippen LogP contribution < -0.4 is 0 Å². The first-order valence-electron chi connectivity index (χ1n) is 6.76. The Morgan fingerprint density at radius 2 is 1.72 bits per heavy atom. The molecule has 0 spiro atoms. The lowest BCUT2D eigenvalue weighted by molar-refractivity contribution is -0.148. The van der Waals surface area contributed by atoms with E-state index in [1.807, 2.05) is 34.6 Å². The molecule has 0 bridgehead atoms. The minimum absolute atomic E-state index is 0.144. The molecule has 0 radical (unpaired) electrons. The number of aliphatic hydroxyl groups is 1. The molecule has 0 aromatic heterocycles. The maximum Gasteiger partial charge on any atom is 0.326 e. The van der Waals surface area contributed by atoms with Crippen LogP contribution in [0.25, 0.3) is 0 Å². The van der Waals surface area contributed by atoms with Crippen molar-refractivity contribution in [3.8, 4) is 0 Å². The number of carbonyl (C=O) groups is 2. The van der Waals surface area contributed by atoms with Gasteiger partial charge in [0.05, 0.1) is 6.10 Å². The molecule has 1 aliphatic rings. The number of aliphatic carboxylic acids is 1. The van der Waals surface area contributed by atoms with E-state index in [9.17, 15) is 14.7 Å². The lowest BCUT2D eigenvalue weighted by Crippen LogP contribution is -2.40. The van der Waals surface area contributed by atoms with E-state index >= 15 is 0 Å². The van der Waals surface area contributed by atoms with Crippen molar-refractivity contribution in [1.82, 2.24) is 4.90 Å². The second-order valence-electron chi connectivity index (χ2n) is 3.54. The molecule has 2 unspecified atom stereocenters. The second-order valence-corrected chi connectivity index (χ2v) is 3.54. The molecule has 1 aliphatic heterocycles. The van der Waals surface area contributed by atoms with E-state index in [4.69, 9.17) is 5.11 Å². The van der Waals surface area contributed by atoms with Gasteiger partial charge in [-0.1, -0.05) is 34.6 Å². The third-order valence-corrected chi connectivity index (χ3v) is 2.35. The maximum absolute atomic E-state index is 11.5. The third kappa shape index (κ3) is 6.00. The van der Waals surface area contributed by atoms with E-state index in [0.717, 1.165) is 0 Å². The lowest BCUT2D eigenvalue weighted by Gasteiger charge is -2.20. The molecule has 0 aromatic carbocycles. The molecule has 1 rings (SSSR count). The SMILES string of the molecule is CC.CC.CCCC(=O)N1CC(O)CC1C(=O)O. The van der Waals surface area contributed by atoms with Gasteiger partial charge in [-0.05, 0) is 6.42 Å². The quantitative estimate of drug-likeness (QED) is 0.813. The normalized spacial score (nSPS) is 21.3. The van der Waals surface area contributed by atoms with Crippen molar-refractivity contribution in [2.24, 2.45) is 0 Å². The summed E-state index contributed by atoms with van der Waals surface area (Å²) in [6, 6.07) is -0.843. The van der Waals surface area contributed by atoms with Gasteiger partial charge in [-0.15, -0.1) is 0 Å². The highest BCUT2D eigenvalue weighted by molar-refractivity contribution is 5.84. The molecule has 0 saturated carbocycles. The number of likely N-dealkylation sites (tertiary alicyclic amines) is 1. The number of rotatable bonds is 3. The van der Waals surface area contributed by atoms with Crippen LogP contribution in [-0.4, -0.2) is 45.7 Å². The predicted octanol–water partition coefficient (Wildman–Crippen LogP) is 1.89. The van der Waals surface area contributed by atoms with Gasteiger partial charge >= 0.3 is 5.97 Å². The highest BCUT2D eigenvalue weighted by Gasteiger charge is 2.38. The summed E-state index contributed by atoms with van der Waals surface area (Å²) in [6.45, 7) is 10.0. The molecule has 1 fully saturated rings. The van der Waals surface area contributed by atoms with Crippen molar-refractivity contribution in [3.63, 3.8) is 0 Å². The number of carbonyl (C=O) groups excluding carboxylic acids is 1. The predicted molar refractivity (Wildman–Crippen MR) is 71.4 cm³/mol. The largest absolute Gasteiger partial charge is 0.480 e. The number of carboxylic acids is 1. The van der Waals surface area contributed by atoms with Crippen molar-refractivity contribution in [1.29, 1.82) is 0 Å². The minimum Gasteiger partial charge on any atom is -0.480 e. The van der Waals surface area contributed by atoms with E-state index < -0.39 is 18.1 Å². The molecule has 0 aromatic rings. The summed E-state index contributed by atoms with van der Waals surface area (Å²) in [5, 5.41) is 18.1. The summed E-state index contributed by atoms with van der Waals surface area (Å²) in [5.74, 6) is -1.22. The zero-order chi connectivity index (χ0) is 14.7. The fraction of sp³-hybridized carbons (Fsp3) is 0.846. The summed E-state index contributed by atoms with van der Waals surface area (Å²) < 4.78 is 0. The number of nitrogens with zero attached hydrogens (tertiary/aromatic N) is 1. The average molecular weight is 261 g/mol. The Hall–Kier alpha value is -1.10. The molecule has 1 amide bonds. The molecular weight excluding hydrogens is 234 g/mol. The first-order chi connectivity index (χ1) is 8.56. The van der Waals surface area contributed by atoms with Crippen LogP contribution >= 0.6 is 0 Å². The minimum atomic E-state index is -1.04. The van der Waals surface area contributed by atoms with E-state index in [1.54, 1.807) is 0 Å². The fourth-order valence-corrected chi connectivity index (χ4v) is 1.68. The zero-order valence-corrected chi connectivity index (χ0v) is 12.1. The Morgan fingerprint density at radius 1 is 1.22 bits per heavy atom. The highest BCUT2D eigenvalue weighted by atomic mass is 16.4. The summed E-state index contributed by atoms with van der Waals surface area (Å²) >= 11 is 0. The molecule has 2 atom stereocenters. The number of hydrogen-bond donors (Lipinski definition) is 2. The van der Waals surface area contributed by atoms with Crippen molar-refractivity contribution >= 4 is 11.9 Å². The van der Waals surface area contributed by atoms with Gasteiger partial charge < -0.3 is 15.1 Å². The van der Waals surface area contributed by atoms with Crippen LogP contribution in [0.1, 0.15) is 53.9 Å². The number of hydrogen-bond acceptors (Lipinski definition) is 3. The Bertz CT molecular complexity index is 243. The molecular formula is C13H27NO4. The molecule has 1 saturated heterocycles.